The summed E-state index contributed by atoms with van der Waals surface area (Å²) in [5.74, 6) is -2.89. The second kappa shape index (κ2) is 21.5. The molecule has 0 radical (unpaired) electrons. The van der Waals surface area contributed by atoms with Gasteiger partial charge >= 0.3 is 23.9 Å². The van der Waals surface area contributed by atoms with E-state index in [1.54, 1.807) is 0 Å². The zero-order chi connectivity index (χ0) is 32.2. The summed E-state index contributed by atoms with van der Waals surface area (Å²) >= 11 is 3.40. The third-order valence-corrected chi connectivity index (χ3v) is 7.38. The fraction of sp³-hybridized carbons (Fsp3) is 0.543. The molecule has 0 spiro atoms. The standard InChI is InChI=1S/C35H47BrO8/c1-4-7-10-13-19-31(37)42-29-23-27(35(40)41-25-26-17-16-18-28(36)22-26)24-30(43-32(38)20-14-11-8-5-2)34(29)44-33(39)21-15-12-9-6-3/h16-18,22-24H,4-15,19-21,25H2,1-3H3. The lowest BCUT2D eigenvalue weighted by atomic mass is 10.1. The summed E-state index contributed by atoms with van der Waals surface area (Å²) in [5.41, 5.74) is 0.754. The number of rotatable bonds is 21. The summed E-state index contributed by atoms with van der Waals surface area (Å²) in [7, 11) is 0. The summed E-state index contributed by atoms with van der Waals surface area (Å²) in [6, 6.07) is 9.93. The summed E-state index contributed by atoms with van der Waals surface area (Å²) in [6.07, 6.45) is 11.0. The number of unbranched alkanes of at least 4 members (excludes halogenated alkanes) is 9. The fourth-order valence-electron chi connectivity index (χ4n) is 4.41. The average Bonchev–Trinajstić information content (AvgIpc) is 3.00. The van der Waals surface area contributed by atoms with Crippen molar-refractivity contribution in [3.8, 4) is 17.2 Å². The molecule has 0 saturated heterocycles. The molecule has 2 aromatic carbocycles. The molecule has 2 aromatic rings. The number of hydrogen-bond acceptors (Lipinski definition) is 8. The molecule has 0 saturated carbocycles. The van der Waals surface area contributed by atoms with Gasteiger partial charge in [0, 0.05) is 23.7 Å². The molecule has 2 rings (SSSR count). The molecule has 0 fully saturated rings. The number of benzene rings is 2. The average molecular weight is 676 g/mol. The lowest BCUT2D eigenvalue weighted by Crippen LogP contribution is -2.16. The third kappa shape index (κ3) is 14.5. The van der Waals surface area contributed by atoms with Crippen LogP contribution in [0.3, 0.4) is 0 Å². The summed E-state index contributed by atoms with van der Waals surface area (Å²) in [6.45, 7) is 6.23. The highest BCUT2D eigenvalue weighted by atomic mass is 79.9. The zero-order valence-electron chi connectivity index (χ0n) is 26.4. The van der Waals surface area contributed by atoms with Crippen LogP contribution in [0.4, 0.5) is 0 Å². The molecule has 242 valence electrons. The molecular weight excluding hydrogens is 628 g/mol. The van der Waals surface area contributed by atoms with Crippen molar-refractivity contribution in [2.24, 2.45) is 0 Å². The maximum Gasteiger partial charge on any atom is 0.338 e. The largest absolute Gasteiger partial charge is 0.457 e. The van der Waals surface area contributed by atoms with Gasteiger partial charge < -0.3 is 18.9 Å². The topological polar surface area (TPSA) is 105 Å². The number of hydrogen-bond donors (Lipinski definition) is 0. The molecule has 0 aliphatic heterocycles. The quantitative estimate of drug-likeness (QED) is 0.0732. The first kappa shape index (κ1) is 37.0. The van der Waals surface area contributed by atoms with Crippen molar-refractivity contribution in [2.75, 3.05) is 0 Å². The second-order valence-corrected chi connectivity index (χ2v) is 11.8. The first-order valence-corrected chi connectivity index (χ1v) is 16.8. The van der Waals surface area contributed by atoms with Gasteiger partial charge in [0.05, 0.1) is 5.56 Å². The van der Waals surface area contributed by atoms with E-state index in [1.165, 1.54) is 12.1 Å². The number of carbonyl (C=O) groups excluding carboxylic acids is 4. The van der Waals surface area contributed by atoms with E-state index in [9.17, 15) is 19.2 Å². The van der Waals surface area contributed by atoms with E-state index in [-0.39, 0.29) is 48.7 Å². The van der Waals surface area contributed by atoms with Crippen LogP contribution in [-0.4, -0.2) is 23.9 Å². The Morgan fingerprint density at radius 1 is 0.614 bits per heavy atom. The molecule has 0 bridgehead atoms. The highest BCUT2D eigenvalue weighted by Gasteiger charge is 2.25. The van der Waals surface area contributed by atoms with Crippen molar-refractivity contribution in [2.45, 2.75) is 124 Å². The van der Waals surface area contributed by atoms with Gasteiger partial charge in [-0.2, -0.15) is 0 Å². The fourth-order valence-corrected chi connectivity index (χ4v) is 4.85. The molecule has 0 N–H and O–H groups in total. The Bertz CT molecular complexity index is 1160. The molecule has 0 amide bonds. The van der Waals surface area contributed by atoms with E-state index in [4.69, 9.17) is 18.9 Å². The first-order chi connectivity index (χ1) is 21.3. The van der Waals surface area contributed by atoms with Crippen LogP contribution >= 0.6 is 15.9 Å². The van der Waals surface area contributed by atoms with Crippen LogP contribution < -0.4 is 14.2 Å². The molecule has 44 heavy (non-hydrogen) atoms. The Balaban J connectivity index is 2.39. The lowest BCUT2D eigenvalue weighted by molar-refractivity contribution is -0.138. The maximum atomic E-state index is 13.2. The molecule has 0 aliphatic rings. The SMILES string of the molecule is CCCCCCC(=O)Oc1cc(C(=O)OCc2cccc(Br)c2)cc(OC(=O)CCCCCC)c1OC(=O)CCCCCC. The van der Waals surface area contributed by atoms with E-state index in [1.807, 2.05) is 24.3 Å². The zero-order valence-corrected chi connectivity index (χ0v) is 28.0. The Labute approximate surface area is 270 Å². The molecule has 0 unspecified atom stereocenters. The van der Waals surface area contributed by atoms with Gasteiger partial charge in [-0.3, -0.25) is 14.4 Å². The minimum atomic E-state index is -0.720. The Morgan fingerprint density at radius 2 is 1.09 bits per heavy atom. The molecular formula is C35H47BrO8. The molecule has 9 heteroatoms. The van der Waals surface area contributed by atoms with Crippen LogP contribution in [0.2, 0.25) is 0 Å². The number of esters is 4. The van der Waals surface area contributed by atoms with Crippen molar-refractivity contribution in [1.82, 2.24) is 0 Å². The van der Waals surface area contributed by atoms with Gasteiger partial charge in [-0.15, -0.1) is 0 Å². The highest BCUT2D eigenvalue weighted by Crippen LogP contribution is 2.40. The van der Waals surface area contributed by atoms with Gasteiger partial charge in [-0.25, -0.2) is 4.79 Å². The normalized spacial score (nSPS) is 10.7. The van der Waals surface area contributed by atoms with Crippen molar-refractivity contribution in [1.29, 1.82) is 0 Å². The minimum Gasteiger partial charge on any atom is -0.457 e. The first-order valence-electron chi connectivity index (χ1n) is 16.0. The van der Waals surface area contributed by atoms with Crippen molar-refractivity contribution in [3.63, 3.8) is 0 Å². The Kier molecular flexibility index (Phi) is 18.1. The van der Waals surface area contributed by atoms with Crippen LogP contribution in [0.1, 0.15) is 133 Å². The van der Waals surface area contributed by atoms with Crippen LogP contribution in [0, 0.1) is 0 Å². The van der Waals surface area contributed by atoms with Gasteiger partial charge in [0.25, 0.3) is 0 Å². The molecule has 0 aliphatic carbocycles. The second-order valence-electron chi connectivity index (χ2n) is 10.9. The minimum absolute atomic E-state index is 0.00807. The van der Waals surface area contributed by atoms with Gasteiger partial charge in [0.2, 0.25) is 5.75 Å². The van der Waals surface area contributed by atoms with Gasteiger partial charge in [-0.1, -0.05) is 107 Å². The molecule has 0 heterocycles. The smallest absolute Gasteiger partial charge is 0.338 e. The van der Waals surface area contributed by atoms with Crippen LogP contribution in [0.15, 0.2) is 40.9 Å². The molecule has 0 atom stereocenters. The lowest BCUT2D eigenvalue weighted by Gasteiger charge is -2.16. The highest BCUT2D eigenvalue weighted by molar-refractivity contribution is 9.10. The van der Waals surface area contributed by atoms with E-state index in [2.05, 4.69) is 36.7 Å². The van der Waals surface area contributed by atoms with Crippen molar-refractivity contribution >= 4 is 39.8 Å². The van der Waals surface area contributed by atoms with E-state index >= 15 is 0 Å². The van der Waals surface area contributed by atoms with Crippen LogP contribution in [0.5, 0.6) is 17.2 Å². The van der Waals surface area contributed by atoms with Crippen LogP contribution in [-0.2, 0) is 25.7 Å². The molecule has 8 nitrogen and oxygen atoms in total. The van der Waals surface area contributed by atoms with Crippen LogP contribution in [0.25, 0.3) is 0 Å². The van der Waals surface area contributed by atoms with Gasteiger partial charge in [-0.05, 0) is 49.1 Å². The summed E-state index contributed by atoms with van der Waals surface area (Å²) in [4.78, 5) is 51.7. The van der Waals surface area contributed by atoms with Gasteiger partial charge in [0.15, 0.2) is 11.5 Å². The Morgan fingerprint density at radius 3 is 1.55 bits per heavy atom. The van der Waals surface area contributed by atoms with E-state index in [0.29, 0.717) is 19.3 Å². The van der Waals surface area contributed by atoms with Crippen molar-refractivity contribution < 1.29 is 38.1 Å². The maximum absolute atomic E-state index is 13.2. The third-order valence-electron chi connectivity index (χ3n) is 6.88. The predicted octanol–water partition coefficient (Wildman–Crippen LogP) is 9.43. The summed E-state index contributed by atoms with van der Waals surface area (Å²) in [5, 5.41) is 0. The monoisotopic (exact) mass is 674 g/mol. The van der Waals surface area contributed by atoms with Crippen molar-refractivity contribution in [3.05, 3.63) is 52.0 Å². The number of ether oxygens (including phenoxy) is 4. The van der Waals surface area contributed by atoms with E-state index in [0.717, 1.165) is 67.8 Å². The number of carbonyl (C=O) groups is 4. The predicted molar refractivity (Wildman–Crippen MR) is 173 cm³/mol. The van der Waals surface area contributed by atoms with E-state index < -0.39 is 23.9 Å². The van der Waals surface area contributed by atoms with Gasteiger partial charge in [0.1, 0.15) is 6.61 Å². The number of halogens is 1. The Hall–Kier alpha value is -3.20. The summed E-state index contributed by atoms with van der Waals surface area (Å²) < 4.78 is 23.3. The molecule has 0 aromatic heterocycles.